The molecule has 1 aliphatic rings. The number of hydrogen-bond donors (Lipinski definition) is 4. The van der Waals surface area contributed by atoms with Crippen LogP contribution in [0.5, 0.6) is 0 Å². The maximum Gasteiger partial charge on any atom is 0.195 e. The van der Waals surface area contributed by atoms with E-state index < -0.39 is 0 Å². The second-order valence-corrected chi connectivity index (χ2v) is 10.4. The highest BCUT2D eigenvalue weighted by atomic mass is 19.1. The number of nitrogens with one attached hydrogen (secondary N) is 4. The number of H-pyrrole nitrogens is 2. The van der Waals surface area contributed by atoms with Gasteiger partial charge in [-0.25, -0.2) is 9.37 Å². The quantitative estimate of drug-likeness (QED) is 0.170. The second kappa shape index (κ2) is 10.1. The van der Waals surface area contributed by atoms with E-state index in [1.165, 1.54) is 12.1 Å². The van der Waals surface area contributed by atoms with Crippen molar-refractivity contribution in [2.75, 3.05) is 38.5 Å². The number of halogens is 1. The van der Waals surface area contributed by atoms with Gasteiger partial charge in [0.1, 0.15) is 11.5 Å². The molecule has 2 aromatic carbocycles. The second-order valence-electron chi connectivity index (χ2n) is 10.4. The van der Waals surface area contributed by atoms with Crippen molar-refractivity contribution in [1.29, 1.82) is 5.41 Å². The van der Waals surface area contributed by atoms with Gasteiger partial charge < -0.3 is 20.1 Å². The van der Waals surface area contributed by atoms with Gasteiger partial charge in [0.05, 0.1) is 17.6 Å². The van der Waals surface area contributed by atoms with E-state index in [0.717, 1.165) is 81.8 Å². The molecule has 41 heavy (non-hydrogen) atoms. The molecule has 4 N–H and O–H groups in total. The van der Waals surface area contributed by atoms with Crippen LogP contribution >= 0.6 is 0 Å². The molecule has 10 heteroatoms. The Morgan fingerprint density at radius 2 is 1.71 bits per heavy atom. The lowest BCUT2D eigenvalue weighted by molar-refractivity contribution is 0.214. The van der Waals surface area contributed by atoms with Gasteiger partial charge in [0, 0.05) is 66.0 Å². The minimum absolute atomic E-state index is 0.258. The van der Waals surface area contributed by atoms with Gasteiger partial charge >= 0.3 is 0 Å². The monoisotopic (exact) mass is 545 g/mol. The van der Waals surface area contributed by atoms with Crippen LogP contribution in [0.15, 0.2) is 79.3 Å². The average Bonchev–Trinajstić information content (AvgIpc) is 3.62. The molecular formula is C31H28FN9. The fourth-order valence-corrected chi connectivity index (χ4v) is 5.34. The molecule has 1 aliphatic heterocycles. The van der Waals surface area contributed by atoms with Gasteiger partial charge in [-0.3, -0.25) is 15.5 Å². The van der Waals surface area contributed by atoms with Crippen LogP contribution in [-0.2, 0) is 0 Å². The third-order valence-electron chi connectivity index (χ3n) is 7.64. The topological polar surface area (TPSA) is 113 Å². The van der Waals surface area contributed by atoms with Crippen LogP contribution in [0, 0.1) is 11.2 Å². The summed E-state index contributed by atoms with van der Waals surface area (Å²) in [5, 5.41) is 21.3. The summed E-state index contributed by atoms with van der Waals surface area (Å²) < 4.78 is 13.5. The van der Waals surface area contributed by atoms with Crippen LogP contribution in [0.2, 0.25) is 0 Å². The third kappa shape index (κ3) is 4.78. The minimum Gasteiger partial charge on any atom is -0.353 e. The summed E-state index contributed by atoms with van der Waals surface area (Å²) in [7, 11) is 2.10. The summed E-state index contributed by atoms with van der Waals surface area (Å²) in [6, 6.07) is 18.7. The molecule has 0 amide bonds. The lowest BCUT2D eigenvalue weighted by Gasteiger charge is -2.34. The van der Waals surface area contributed by atoms with Crippen molar-refractivity contribution in [3.63, 3.8) is 0 Å². The van der Waals surface area contributed by atoms with E-state index in [4.69, 9.17) is 5.41 Å². The molecule has 0 radical (unpaired) electrons. The Morgan fingerprint density at radius 3 is 2.54 bits per heavy atom. The van der Waals surface area contributed by atoms with Crippen LogP contribution in [0.3, 0.4) is 0 Å². The predicted molar refractivity (Wildman–Crippen MR) is 160 cm³/mol. The molecule has 7 rings (SSSR count). The first kappa shape index (κ1) is 24.9. The number of anilines is 1. The lowest BCUT2D eigenvalue weighted by Crippen LogP contribution is -2.48. The normalized spacial score (nSPS) is 14.1. The van der Waals surface area contributed by atoms with E-state index in [0.29, 0.717) is 11.6 Å². The molecule has 0 bridgehead atoms. The number of guanidine groups is 1. The molecule has 5 heterocycles. The van der Waals surface area contributed by atoms with E-state index in [9.17, 15) is 4.39 Å². The molecule has 0 unspecified atom stereocenters. The molecule has 0 saturated carbocycles. The van der Waals surface area contributed by atoms with Crippen molar-refractivity contribution in [3.8, 4) is 33.6 Å². The van der Waals surface area contributed by atoms with Crippen LogP contribution in [0.4, 0.5) is 10.1 Å². The zero-order chi connectivity index (χ0) is 27.9. The summed E-state index contributed by atoms with van der Waals surface area (Å²) in [6.07, 6.45) is 5.33. The van der Waals surface area contributed by atoms with Gasteiger partial charge in [0.25, 0.3) is 0 Å². The molecule has 9 nitrogen and oxygen atoms in total. The summed E-state index contributed by atoms with van der Waals surface area (Å²) >= 11 is 0. The smallest absolute Gasteiger partial charge is 0.195 e. The van der Waals surface area contributed by atoms with Gasteiger partial charge in [0.2, 0.25) is 0 Å². The van der Waals surface area contributed by atoms with Crippen LogP contribution in [0.1, 0.15) is 0 Å². The Bertz CT molecular complexity index is 1880. The molecular weight excluding hydrogens is 517 g/mol. The van der Waals surface area contributed by atoms with Crippen molar-refractivity contribution in [2.45, 2.75) is 0 Å². The molecule has 0 aliphatic carbocycles. The molecule has 204 valence electrons. The van der Waals surface area contributed by atoms with E-state index >= 15 is 0 Å². The summed E-state index contributed by atoms with van der Waals surface area (Å²) in [6.45, 7) is 3.51. The summed E-state index contributed by atoms with van der Waals surface area (Å²) in [5.74, 6) is 0.119. The molecule has 6 aromatic rings. The van der Waals surface area contributed by atoms with Crippen LogP contribution in [0.25, 0.3) is 55.6 Å². The largest absolute Gasteiger partial charge is 0.353 e. The maximum atomic E-state index is 13.5. The first-order chi connectivity index (χ1) is 20.0. The van der Waals surface area contributed by atoms with Crippen molar-refractivity contribution in [1.82, 2.24) is 34.9 Å². The van der Waals surface area contributed by atoms with Crippen molar-refractivity contribution in [3.05, 3.63) is 85.1 Å². The first-order valence-electron chi connectivity index (χ1n) is 13.5. The summed E-state index contributed by atoms with van der Waals surface area (Å²) in [4.78, 5) is 16.9. The molecule has 1 saturated heterocycles. The first-order valence-corrected chi connectivity index (χ1v) is 13.5. The molecule has 4 aromatic heterocycles. The van der Waals surface area contributed by atoms with Crippen LogP contribution < -0.4 is 5.32 Å². The number of aromatic amines is 2. The number of nitrogens with zero attached hydrogens (tertiary/aromatic N) is 5. The number of hydrogen-bond acceptors (Lipinski definition) is 5. The zero-order valence-electron chi connectivity index (χ0n) is 22.4. The van der Waals surface area contributed by atoms with Gasteiger partial charge in [-0.1, -0.05) is 24.3 Å². The Balaban J connectivity index is 1.20. The third-order valence-corrected chi connectivity index (χ3v) is 7.64. The highest BCUT2D eigenvalue weighted by molar-refractivity contribution is 6.01. The van der Waals surface area contributed by atoms with E-state index in [1.54, 1.807) is 30.7 Å². The Labute approximate surface area is 235 Å². The predicted octanol–water partition coefficient (Wildman–Crippen LogP) is 5.57. The number of pyridine rings is 2. The van der Waals surface area contributed by atoms with Gasteiger partial charge in [0.15, 0.2) is 11.6 Å². The number of piperazine rings is 1. The lowest BCUT2D eigenvalue weighted by atomic mass is 10.0. The van der Waals surface area contributed by atoms with E-state index in [1.807, 2.05) is 29.2 Å². The fraction of sp³-hybridized carbons (Fsp3) is 0.161. The van der Waals surface area contributed by atoms with Crippen LogP contribution in [-0.4, -0.2) is 74.1 Å². The highest BCUT2D eigenvalue weighted by Crippen LogP contribution is 2.35. The Morgan fingerprint density at radius 1 is 0.902 bits per heavy atom. The van der Waals surface area contributed by atoms with Crippen molar-refractivity contribution < 1.29 is 4.39 Å². The Hall–Kier alpha value is -5.09. The Kier molecular flexibility index (Phi) is 6.16. The molecule has 0 atom stereocenters. The molecule has 1 fully saturated rings. The maximum absolute atomic E-state index is 13.5. The van der Waals surface area contributed by atoms with E-state index in [2.05, 4.69) is 54.5 Å². The van der Waals surface area contributed by atoms with Crippen molar-refractivity contribution in [2.24, 2.45) is 0 Å². The fourth-order valence-electron chi connectivity index (χ4n) is 5.34. The minimum atomic E-state index is -0.258. The standard InChI is InChI=1S/C31H28FN9/c1-40-9-11-41(12-10-40)31(33)36-23-13-20(16-34-18-23)21-14-26-29(38-39-30(26)35-17-21)28-15-25-24(3-2-4-27(25)37-28)19-5-7-22(32)8-6-19/h2-8,13-18,37H,9-12H2,1H3,(H2,33,36)(H,35,38,39). The molecule has 0 spiro atoms. The highest BCUT2D eigenvalue weighted by Gasteiger charge is 2.18. The van der Waals surface area contributed by atoms with Crippen molar-refractivity contribution >= 4 is 33.6 Å². The van der Waals surface area contributed by atoms with Gasteiger partial charge in [-0.15, -0.1) is 0 Å². The van der Waals surface area contributed by atoms with Gasteiger partial charge in [-0.2, -0.15) is 5.10 Å². The number of rotatable bonds is 4. The zero-order valence-corrected chi connectivity index (χ0v) is 22.4. The average molecular weight is 546 g/mol. The SMILES string of the molecule is CN1CCN(C(=N)Nc2cncc(-c3cnc4[nH]nc(-c5cc6c(-c7ccc(F)cc7)cccc6[nH]5)c4c3)c2)CC1. The van der Waals surface area contributed by atoms with Gasteiger partial charge in [-0.05, 0) is 54.6 Å². The number of benzene rings is 2. The number of likely N-dealkylation sites (N-methyl/N-ethyl adjacent to an activating group) is 1. The van der Waals surface area contributed by atoms with E-state index in [-0.39, 0.29) is 5.82 Å². The summed E-state index contributed by atoms with van der Waals surface area (Å²) in [5.41, 5.74) is 7.75. The number of fused-ring (bicyclic) bond motifs is 2. The number of aromatic nitrogens is 5.